The van der Waals surface area contributed by atoms with Gasteiger partial charge in [0.25, 0.3) is 5.56 Å². The molecule has 30 heavy (non-hydrogen) atoms. The minimum atomic E-state index is -0.0591. The lowest BCUT2D eigenvalue weighted by Gasteiger charge is -2.09. The standard InChI is InChI=1S/C23H28N4O2S/c28-21(25-16-9-15-24-18-10-3-1-4-11-18)14-5-2-8-17-27-22(29)19-12-6-7-13-20(19)26-23(27)30/h1,3-4,6-7,10-13,24H,2,5,8-9,14-17H2,(H,25,28)(H,26,30). The first-order valence-corrected chi connectivity index (χ1v) is 10.8. The molecule has 0 unspecified atom stereocenters. The molecule has 3 N–H and O–H groups in total. The number of carbonyl (C=O) groups excluding carboxylic acids is 1. The summed E-state index contributed by atoms with van der Waals surface area (Å²) in [6.45, 7) is 2.05. The normalized spacial score (nSPS) is 10.8. The van der Waals surface area contributed by atoms with E-state index in [1.165, 1.54) is 0 Å². The molecule has 0 aliphatic heterocycles. The number of unbranched alkanes of at least 4 members (excludes halogenated alkanes) is 2. The quantitative estimate of drug-likeness (QED) is 0.318. The maximum absolute atomic E-state index is 12.6. The maximum Gasteiger partial charge on any atom is 0.262 e. The van der Waals surface area contributed by atoms with Gasteiger partial charge in [-0.25, -0.2) is 0 Å². The summed E-state index contributed by atoms with van der Waals surface area (Å²) in [7, 11) is 0. The van der Waals surface area contributed by atoms with E-state index in [9.17, 15) is 9.59 Å². The van der Waals surface area contributed by atoms with Crippen LogP contribution in [-0.4, -0.2) is 28.5 Å². The van der Waals surface area contributed by atoms with E-state index >= 15 is 0 Å². The van der Waals surface area contributed by atoms with Crippen LogP contribution in [0.15, 0.2) is 59.4 Å². The Hall–Kier alpha value is -2.93. The van der Waals surface area contributed by atoms with Crippen molar-refractivity contribution >= 4 is 34.7 Å². The largest absolute Gasteiger partial charge is 0.385 e. The number of anilines is 1. The van der Waals surface area contributed by atoms with Crippen molar-refractivity contribution in [2.75, 3.05) is 18.4 Å². The van der Waals surface area contributed by atoms with Gasteiger partial charge in [-0.3, -0.25) is 14.2 Å². The number of benzene rings is 2. The highest BCUT2D eigenvalue weighted by atomic mass is 32.1. The van der Waals surface area contributed by atoms with Gasteiger partial charge in [-0.05, 0) is 55.7 Å². The number of para-hydroxylation sites is 2. The summed E-state index contributed by atoms with van der Waals surface area (Å²) in [5, 5.41) is 6.93. The second kappa shape index (κ2) is 11.3. The Morgan fingerprint density at radius 1 is 0.933 bits per heavy atom. The molecule has 0 aliphatic rings. The number of nitrogens with zero attached hydrogens (tertiary/aromatic N) is 1. The number of rotatable bonds is 11. The number of hydrogen-bond acceptors (Lipinski definition) is 4. The van der Waals surface area contributed by atoms with E-state index in [-0.39, 0.29) is 11.5 Å². The van der Waals surface area contributed by atoms with Gasteiger partial charge < -0.3 is 15.6 Å². The number of carbonyl (C=O) groups is 1. The van der Waals surface area contributed by atoms with E-state index in [1.807, 2.05) is 48.5 Å². The van der Waals surface area contributed by atoms with Crippen molar-refractivity contribution in [1.29, 1.82) is 0 Å². The molecule has 158 valence electrons. The van der Waals surface area contributed by atoms with Crippen molar-refractivity contribution in [3.8, 4) is 0 Å². The van der Waals surface area contributed by atoms with Gasteiger partial charge in [0.15, 0.2) is 4.77 Å². The highest BCUT2D eigenvalue weighted by molar-refractivity contribution is 7.71. The van der Waals surface area contributed by atoms with Crippen LogP contribution in [0.2, 0.25) is 0 Å². The topological polar surface area (TPSA) is 78.9 Å². The molecule has 0 saturated carbocycles. The van der Waals surface area contributed by atoms with Crippen molar-refractivity contribution in [2.24, 2.45) is 0 Å². The predicted octanol–water partition coefficient (Wildman–Crippen LogP) is 4.24. The summed E-state index contributed by atoms with van der Waals surface area (Å²) in [6.07, 6.45) is 3.86. The lowest BCUT2D eigenvalue weighted by Crippen LogP contribution is -2.25. The highest BCUT2D eigenvalue weighted by Crippen LogP contribution is 2.08. The number of aromatic nitrogens is 2. The van der Waals surface area contributed by atoms with Crippen LogP contribution >= 0.6 is 12.2 Å². The smallest absolute Gasteiger partial charge is 0.262 e. The van der Waals surface area contributed by atoms with E-state index < -0.39 is 0 Å². The molecule has 3 aromatic rings. The van der Waals surface area contributed by atoms with Crippen LogP contribution in [0.25, 0.3) is 10.9 Å². The Labute approximate surface area is 181 Å². The van der Waals surface area contributed by atoms with Crippen LogP contribution in [-0.2, 0) is 11.3 Å². The van der Waals surface area contributed by atoms with Crippen LogP contribution in [0, 0.1) is 4.77 Å². The van der Waals surface area contributed by atoms with E-state index in [0.29, 0.717) is 29.7 Å². The minimum absolute atomic E-state index is 0.0591. The molecule has 0 aliphatic carbocycles. The van der Waals surface area contributed by atoms with Gasteiger partial charge in [-0.15, -0.1) is 0 Å². The van der Waals surface area contributed by atoms with Gasteiger partial charge in [-0.2, -0.15) is 0 Å². The summed E-state index contributed by atoms with van der Waals surface area (Å²) in [4.78, 5) is 27.7. The molecule has 1 heterocycles. The molecular weight excluding hydrogens is 396 g/mol. The molecular formula is C23H28N4O2S. The predicted molar refractivity (Wildman–Crippen MR) is 124 cm³/mol. The third-order valence-electron chi connectivity index (χ3n) is 4.95. The number of fused-ring (bicyclic) bond motifs is 1. The molecule has 1 amide bonds. The molecule has 0 bridgehead atoms. The zero-order valence-electron chi connectivity index (χ0n) is 17.0. The van der Waals surface area contributed by atoms with Crippen LogP contribution in [0.4, 0.5) is 5.69 Å². The van der Waals surface area contributed by atoms with Gasteiger partial charge >= 0.3 is 0 Å². The maximum atomic E-state index is 12.6. The van der Waals surface area contributed by atoms with Crippen LogP contribution in [0.5, 0.6) is 0 Å². The van der Waals surface area contributed by atoms with E-state index in [0.717, 1.165) is 43.4 Å². The molecule has 7 heteroatoms. The Morgan fingerprint density at radius 2 is 1.70 bits per heavy atom. The summed E-state index contributed by atoms with van der Waals surface area (Å²) >= 11 is 5.33. The Bertz CT molecular complexity index is 1080. The number of hydrogen-bond donors (Lipinski definition) is 3. The van der Waals surface area contributed by atoms with Gasteiger partial charge in [0.1, 0.15) is 0 Å². The van der Waals surface area contributed by atoms with E-state index in [1.54, 1.807) is 10.6 Å². The lowest BCUT2D eigenvalue weighted by molar-refractivity contribution is -0.121. The lowest BCUT2D eigenvalue weighted by atomic mass is 10.2. The highest BCUT2D eigenvalue weighted by Gasteiger charge is 2.05. The van der Waals surface area contributed by atoms with Gasteiger partial charge in [0, 0.05) is 31.7 Å². The molecule has 0 atom stereocenters. The summed E-state index contributed by atoms with van der Waals surface area (Å²) < 4.78 is 2.05. The molecule has 0 fully saturated rings. The third kappa shape index (κ3) is 6.29. The second-order valence-electron chi connectivity index (χ2n) is 7.24. The van der Waals surface area contributed by atoms with Crippen molar-refractivity contribution < 1.29 is 4.79 Å². The third-order valence-corrected chi connectivity index (χ3v) is 5.28. The van der Waals surface area contributed by atoms with Crippen LogP contribution < -0.4 is 16.2 Å². The molecule has 2 aromatic carbocycles. The minimum Gasteiger partial charge on any atom is -0.385 e. The summed E-state index contributed by atoms with van der Waals surface area (Å²) in [5.41, 5.74) is 1.80. The number of aromatic amines is 1. The molecule has 0 radical (unpaired) electrons. The van der Waals surface area contributed by atoms with Crippen LogP contribution in [0.3, 0.4) is 0 Å². The van der Waals surface area contributed by atoms with E-state index in [2.05, 4.69) is 15.6 Å². The Morgan fingerprint density at radius 3 is 2.53 bits per heavy atom. The van der Waals surface area contributed by atoms with Crippen molar-refractivity contribution in [1.82, 2.24) is 14.9 Å². The van der Waals surface area contributed by atoms with Crippen molar-refractivity contribution in [2.45, 2.75) is 38.6 Å². The molecule has 1 aromatic heterocycles. The monoisotopic (exact) mass is 424 g/mol. The van der Waals surface area contributed by atoms with Crippen LogP contribution in [0.1, 0.15) is 32.1 Å². The van der Waals surface area contributed by atoms with Crippen molar-refractivity contribution in [3.63, 3.8) is 0 Å². The first-order valence-electron chi connectivity index (χ1n) is 10.4. The number of H-pyrrole nitrogens is 1. The SMILES string of the molecule is O=C(CCCCCn1c(=S)[nH]c2ccccc2c1=O)NCCCNc1ccccc1. The average Bonchev–Trinajstić information content (AvgIpc) is 2.76. The first kappa shape index (κ1) is 21.8. The van der Waals surface area contributed by atoms with Gasteiger partial charge in [-0.1, -0.05) is 36.8 Å². The average molecular weight is 425 g/mol. The Balaban J connectivity index is 1.31. The zero-order chi connectivity index (χ0) is 21.2. The summed E-state index contributed by atoms with van der Waals surface area (Å²) in [6, 6.07) is 17.4. The first-order chi connectivity index (χ1) is 14.6. The molecule has 3 rings (SSSR count). The zero-order valence-corrected chi connectivity index (χ0v) is 17.8. The molecule has 0 saturated heterocycles. The van der Waals surface area contributed by atoms with Crippen molar-refractivity contribution in [3.05, 3.63) is 69.7 Å². The fourth-order valence-electron chi connectivity index (χ4n) is 3.33. The fourth-order valence-corrected chi connectivity index (χ4v) is 3.61. The second-order valence-corrected chi connectivity index (χ2v) is 7.63. The van der Waals surface area contributed by atoms with Gasteiger partial charge in [0.2, 0.25) is 5.91 Å². The summed E-state index contributed by atoms with van der Waals surface area (Å²) in [5.74, 6) is 0.0786. The van der Waals surface area contributed by atoms with E-state index in [4.69, 9.17) is 12.2 Å². The molecule has 6 nitrogen and oxygen atoms in total. The molecule has 0 spiro atoms. The Kier molecular flexibility index (Phi) is 8.20. The number of amides is 1. The number of nitrogens with one attached hydrogen (secondary N) is 3. The fraction of sp³-hybridized carbons (Fsp3) is 0.348. The van der Waals surface area contributed by atoms with Gasteiger partial charge in [0.05, 0.1) is 10.9 Å².